The van der Waals surface area contributed by atoms with E-state index in [2.05, 4.69) is 10.3 Å². The number of hydrogen-bond donors (Lipinski definition) is 1. The quantitative estimate of drug-likeness (QED) is 0.565. The number of nitrogens with zero attached hydrogens (tertiary/aromatic N) is 3. The number of aromatic nitrogens is 1. The first-order chi connectivity index (χ1) is 12.3. The Hall–Kier alpha value is -3.05. The van der Waals surface area contributed by atoms with Crippen molar-refractivity contribution >= 4 is 27.3 Å². The summed E-state index contributed by atoms with van der Waals surface area (Å²) in [6.07, 6.45) is 2.60. The molecule has 0 spiro atoms. The van der Waals surface area contributed by atoms with E-state index in [9.17, 15) is 23.3 Å². The number of nitro benzene ring substituents is 1. The lowest BCUT2D eigenvalue weighted by molar-refractivity contribution is -0.384. The fourth-order valence-corrected chi connectivity index (χ4v) is 3.16. The van der Waals surface area contributed by atoms with E-state index in [4.69, 9.17) is 4.74 Å². The van der Waals surface area contributed by atoms with Crippen molar-refractivity contribution in [1.29, 1.82) is 0 Å². The Bertz CT molecular complexity index is 917. The Kier molecular flexibility index (Phi) is 5.85. The third kappa shape index (κ3) is 4.32. The molecular formula is C15H16N4O6S. The van der Waals surface area contributed by atoms with E-state index in [0.717, 1.165) is 10.4 Å². The van der Waals surface area contributed by atoms with Gasteiger partial charge in [-0.15, -0.1) is 0 Å². The number of amides is 1. The van der Waals surface area contributed by atoms with Gasteiger partial charge in [0.1, 0.15) is 10.6 Å². The number of nitrogens with one attached hydrogen (secondary N) is 1. The summed E-state index contributed by atoms with van der Waals surface area (Å²) < 4.78 is 30.7. The molecule has 11 heteroatoms. The second-order valence-corrected chi connectivity index (χ2v) is 7.18. The number of carbonyl (C=O) groups is 1. The van der Waals surface area contributed by atoms with Crippen LogP contribution in [0.3, 0.4) is 0 Å². The van der Waals surface area contributed by atoms with Crippen LogP contribution in [0.2, 0.25) is 0 Å². The van der Waals surface area contributed by atoms with Crippen LogP contribution in [0.5, 0.6) is 5.75 Å². The number of ether oxygens (including phenoxy) is 1. The fraction of sp³-hybridized carbons (Fsp3) is 0.200. The number of anilines is 1. The van der Waals surface area contributed by atoms with E-state index in [-0.39, 0.29) is 22.0 Å². The summed E-state index contributed by atoms with van der Waals surface area (Å²) in [4.78, 5) is 26.1. The van der Waals surface area contributed by atoms with Crippen LogP contribution in [-0.4, -0.2) is 49.2 Å². The Morgan fingerprint density at radius 3 is 2.69 bits per heavy atom. The summed E-state index contributed by atoms with van der Waals surface area (Å²) in [6, 6.07) is 6.53. The predicted octanol–water partition coefficient (Wildman–Crippen LogP) is 1.26. The van der Waals surface area contributed by atoms with Crippen molar-refractivity contribution in [2.24, 2.45) is 0 Å². The first kappa shape index (κ1) is 19.3. The average molecular weight is 380 g/mol. The van der Waals surface area contributed by atoms with E-state index in [1.807, 2.05) is 0 Å². The van der Waals surface area contributed by atoms with Gasteiger partial charge in [-0.1, -0.05) is 0 Å². The molecule has 1 N–H and O–H groups in total. The maximum absolute atomic E-state index is 12.4. The van der Waals surface area contributed by atoms with Crippen LogP contribution in [0.25, 0.3) is 0 Å². The number of benzene rings is 1. The molecule has 0 unspecified atom stereocenters. The van der Waals surface area contributed by atoms with E-state index in [1.165, 1.54) is 50.8 Å². The molecule has 0 fully saturated rings. The zero-order chi connectivity index (χ0) is 19.3. The number of methoxy groups -OCH3 is 1. The molecule has 1 aromatic heterocycles. The number of non-ortho nitro benzene ring substituents is 1. The van der Waals surface area contributed by atoms with Crippen LogP contribution >= 0.6 is 0 Å². The van der Waals surface area contributed by atoms with Crippen LogP contribution in [0.15, 0.2) is 47.6 Å². The van der Waals surface area contributed by atoms with E-state index in [0.29, 0.717) is 0 Å². The summed E-state index contributed by atoms with van der Waals surface area (Å²) in [5, 5.41) is 13.3. The zero-order valence-corrected chi connectivity index (χ0v) is 14.8. The molecule has 138 valence electrons. The highest BCUT2D eigenvalue weighted by Gasteiger charge is 2.23. The lowest BCUT2D eigenvalue weighted by atomic mass is 10.2. The number of carbonyl (C=O) groups excluding carboxylic acids is 1. The molecule has 0 aliphatic carbocycles. The van der Waals surface area contributed by atoms with Crippen molar-refractivity contribution in [2.45, 2.75) is 4.90 Å². The lowest BCUT2D eigenvalue weighted by Gasteiger charge is -2.17. The first-order valence-corrected chi connectivity index (χ1v) is 8.68. The van der Waals surface area contributed by atoms with Gasteiger partial charge < -0.3 is 10.1 Å². The highest BCUT2D eigenvalue weighted by atomic mass is 32.2. The number of hydrogen-bond acceptors (Lipinski definition) is 7. The molecule has 10 nitrogen and oxygen atoms in total. The molecule has 1 heterocycles. The van der Waals surface area contributed by atoms with Crippen molar-refractivity contribution in [2.75, 3.05) is 26.0 Å². The van der Waals surface area contributed by atoms with Crippen molar-refractivity contribution in [3.63, 3.8) is 0 Å². The average Bonchev–Trinajstić information content (AvgIpc) is 2.62. The summed E-state index contributed by atoms with van der Waals surface area (Å²) >= 11 is 0. The second kappa shape index (κ2) is 7.89. The van der Waals surface area contributed by atoms with Crippen LogP contribution in [-0.2, 0) is 14.8 Å². The molecule has 0 bridgehead atoms. The number of pyridine rings is 1. The Labute approximate surface area is 149 Å². The molecule has 26 heavy (non-hydrogen) atoms. The molecule has 0 radical (unpaired) electrons. The van der Waals surface area contributed by atoms with Gasteiger partial charge >= 0.3 is 0 Å². The maximum Gasteiger partial charge on any atom is 0.271 e. The Balaban J connectivity index is 2.16. The van der Waals surface area contributed by atoms with Gasteiger partial charge in [-0.2, -0.15) is 4.31 Å². The number of nitro groups is 1. The predicted molar refractivity (Wildman–Crippen MR) is 92.3 cm³/mol. The molecule has 1 amide bonds. The van der Waals surface area contributed by atoms with Gasteiger partial charge in [0.15, 0.2) is 0 Å². The maximum atomic E-state index is 12.4. The molecule has 0 aliphatic rings. The van der Waals surface area contributed by atoms with Gasteiger partial charge in [-0.3, -0.25) is 19.9 Å². The van der Waals surface area contributed by atoms with Gasteiger partial charge in [-0.05, 0) is 18.2 Å². The van der Waals surface area contributed by atoms with Crippen LogP contribution in [0.4, 0.5) is 11.4 Å². The van der Waals surface area contributed by atoms with Gasteiger partial charge in [0, 0.05) is 31.6 Å². The summed E-state index contributed by atoms with van der Waals surface area (Å²) in [5.74, 6) is -0.472. The Morgan fingerprint density at radius 2 is 2.12 bits per heavy atom. The van der Waals surface area contributed by atoms with E-state index >= 15 is 0 Å². The minimum atomic E-state index is -3.89. The van der Waals surface area contributed by atoms with Gasteiger partial charge in [0.2, 0.25) is 15.9 Å². The number of rotatable bonds is 7. The third-order valence-corrected chi connectivity index (χ3v) is 5.16. The standard InChI is InChI=1S/C15H16N4O6S/c1-18(26(23,24)12-4-3-7-16-9-12)10-15(20)17-13-8-11(19(21)22)5-6-14(13)25-2/h3-9H,10H2,1-2H3,(H,17,20). The molecule has 0 aliphatic heterocycles. The van der Waals surface area contributed by atoms with Crippen LogP contribution < -0.4 is 10.1 Å². The molecular weight excluding hydrogens is 364 g/mol. The van der Waals surface area contributed by atoms with Gasteiger partial charge in [-0.25, -0.2) is 8.42 Å². The summed E-state index contributed by atoms with van der Waals surface area (Å²) in [5.41, 5.74) is -0.170. The van der Waals surface area contributed by atoms with E-state index in [1.54, 1.807) is 0 Å². The summed E-state index contributed by atoms with van der Waals surface area (Å²) in [6.45, 7) is -0.497. The third-order valence-electron chi connectivity index (χ3n) is 3.38. The molecule has 0 saturated heterocycles. The smallest absolute Gasteiger partial charge is 0.271 e. The SMILES string of the molecule is COc1ccc([N+](=O)[O-])cc1NC(=O)CN(C)S(=O)(=O)c1cccnc1. The van der Waals surface area contributed by atoms with E-state index < -0.39 is 27.4 Å². The van der Waals surface area contributed by atoms with Crippen molar-refractivity contribution in [1.82, 2.24) is 9.29 Å². The minimum absolute atomic E-state index is 0.0526. The highest BCUT2D eigenvalue weighted by molar-refractivity contribution is 7.89. The molecule has 2 rings (SSSR count). The molecule has 0 saturated carbocycles. The second-order valence-electron chi connectivity index (χ2n) is 5.14. The molecule has 0 atom stereocenters. The number of sulfonamides is 1. The topological polar surface area (TPSA) is 132 Å². The molecule has 1 aromatic carbocycles. The van der Waals surface area contributed by atoms with Crippen molar-refractivity contribution in [3.8, 4) is 5.75 Å². The van der Waals surface area contributed by atoms with Gasteiger partial charge in [0.05, 0.1) is 24.3 Å². The minimum Gasteiger partial charge on any atom is -0.495 e. The molecule has 2 aromatic rings. The Morgan fingerprint density at radius 1 is 1.38 bits per heavy atom. The highest BCUT2D eigenvalue weighted by Crippen LogP contribution is 2.28. The van der Waals surface area contributed by atoms with Crippen molar-refractivity contribution in [3.05, 3.63) is 52.8 Å². The van der Waals surface area contributed by atoms with Gasteiger partial charge in [0.25, 0.3) is 5.69 Å². The van der Waals surface area contributed by atoms with Crippen LogP contribution in [0.1, 0.15) is 0 Å². The van der Waals surface area contributed by atoms with Crippen LogP contribution in [0, 0.1) is 10.1 Å². The monoisotopic (exact) mass is 380 g/mol. The number of likely N-dealkylation sites (N-methyl/N-ethyl adjacent to an activating group) is 1. The van der Waals surface area contributed by atoms with Crippen molar-refractivity contribution < 1.29 is 22.9 Å². The first-order valence-electron chi connectivity index (χ1n) is 7.24. The largest absolute Gasteiger partial charge is 0.495 e. The normalized spacial score (nSPS) is 11.2. The summed E-state index contributed by atoms with van der Waals surface area (Å²) in [7, 11) is -1.31. The fourth-order valence-electron chi connectivity index (χ4n) is 2.06. The lowest BCUT2D eigenvalue weighted by Crippen LogP contribution is -2.35. The zero-order valence-electron chi connectivity index (χ0n) is 13.9.